The minimum atomic E-state index is -0.709. The number of aliphatic hydroxyl groups is 1. The normalized spacial score (nSPS) is 28.3. The van der Waals surface area contributed by atoms with E-state index >= 15 is 0 Å². The van der Waals surface area contributed by atoms with E-state index in [4.69, 9.17) is 22.7 Å². The number of aliphatic hydroxyl groups excluding tert-OH is 1. The molecule has 22 heavy (non-hydrogen) atoms. The molecule has 2 aromatic rings. The second-order valence-electron chi connectivity index (χ2n) is 5.16. The van der Waals surface area contributed by atoms with E-state index in [-0.39, 0.29) is 24.0 Å². The maximum atomic E-state index is 11.9. The molecule has 0 amide bonds. The predicted octanol–water partition coefficient (Wildman–Crippen LogP) is 0.439. The second kappa shape index (κ2) is 5.54. The number of fused-ring (bicyclic) bond motifs is 1. The van der Waals surface area contributed by atoms with Crippen LogP contribution in [-0.2, 0) is 9.53 Å². The summed E-state index contributed by atoms with van der Waals surface area (Å²) in [5.74, 6) is -0.709. The second-order valence-corrected chi connectivity index (χ2v) is 6.81. The van der Waals surface area contributed by atoms with Crippen molar-refractivity contribution in [3.8, 4) is 0 Å². The molecule has 0 bridgehead atoms. The topological polar surface area (TPSA) is 123 Å². The van der Waals surface area contributed by atoms with Crippen LogP contribution in [0.25, 0.3) is 10.3 Å². The zero-order valence-corrected chi connectivity index (χ0v) is 13.2. The van der Waals surface area contributed by atoms with Crippen LogP contribution in [0.5, 0.6) is 0 Å². The Morgan fingerprint density at radius 3 is 3.00 bits per heavy atom. The summed E-state index contributed by atoms with van der Waals surface area (Å²) in [6, 6.07) is 0. The van der Waals surface area contributed by atoms with Gasteiger partial charge in [-0.25, -0.2) is 0 Å². The van der Waals surface area contributed by atoms with Crippen molar-refractivity contribution in [1.82, 2.24) is 14.5 Å². The third kappa shape index (κ3) is 2.19. The maximum absolute atomic E-state index is 11.9. The number of rotatable bonds is 3. The Labute approximate surface area is 133 Å². The van der Waals surface area contributed by atoms with Gasteiger partial charge >= 0.3 is 0 Å². The van der Waals surface area contributed by atoms with Crippen LogP contribution in [0.2, 0.25) is 0 Å². The lowest BCUT2D eigenvalue weighted by atomic mass is 9.92. The number of anilines is 1. The number of aromatic amines is 1. The van der Waals surface area contributed by atoms with Crippen LogP contribution in [0.4, 0.5) is 5.95 Å². The molecule has 10 heteroatoms. The molecule has 1 aliphatic rings. The zero-order valence-electron chi connectivity index (χ0n) is 11.6. The minimum absolute atomic E-state index is 0.0357. The Balaban J connectivity index is 2.22. The Hall–Kier alpha value is -1.62. The maximum Gasteiger partial charge on any atom is 0.271 e. The molecule has 3 heterocycles. The highest BCUT2D eigenvalue weighted by Gasteiger charge is 2.43. The average Bonchev–Trinajstić information content (AvgIpc) is 2.95. The number of carbonyl (C=O) groups excluding carboxylic acids is 1. The molecule has 0 unspecified atom stereocenters. The number of aromatic nitrogens is 3. The number of nitrogen functional groups attached to an aromatic ring is 1. The van der Waals surface area contributed by atoms with E-state index < -0.39 is 18.2 Å². The van der Waals surface area contributed by atoms with Crippen LogP contribution < -0.4 is 11.3 Å². The summed E-state index contributed by atoms with van der Waals surface area (Å²) in [5, 5.41) is 9.37. The predicted molar refractivity (Wildman–Crippen MR) is 83.2 cm³/mol. The van der Waals surface area contributed by atoms with Gasteiger partial charge in [-0.1, -0.05) is 18.3 Å². The summed E-state index contributed by atoms with van der Waals surface area (Å²) in [7, 11) is 0. The highest BCUT2D eigenvalue weighted by molar-refractivity contribution is 7.73. The summed E-state index contributed by atoms with van der Waals surface area (Å²) in [4.78, 5) is 29.9. The van der Waals surface area contributed by atoms with Crippen molar-refractivity contribution in [3.63, 3.8) is 0 Å². The number of ether oxygens (including phenoxy) is 1. The fraction of sp³-hybridized carbons (Fsp3) is 0.500. The van der Waals surface area contributed by atoms with Gasteiger partial charge in [-0.3, -0.25) is 14.3 Å². The van der Waals surface area contributed by atoms with Crippen molar-refractivity contribution in [2.24, 2.45) is 11.8 Å². The van der Waals surface area contributed by atoms with E-state index in [1.165, 1.54) is 4.57 Å². The highest BCUT2D eigenvalue weighted by atomic mass is 32.1. The van der Waals surface area contributed by atoms with Crippen molar-refractivity contribution in [3.05, 3.63) is 14.3 Å². The average molecular weight is 342 g/mol. The molecule has 0 aliphatic carbocycles. The molecule has 1 aliphatic heterocycles. The van der Waals surface area contributed by atoms with E-state index in [9.17, 15) is 14.7 Å². The molecular weight excluding hydrogens is 328 g/mol. The van der Waals surface area contributed by atoms with Gasteiger partial charge in [-0.05, 0) is 18.1 Å². The van der Waals surface area contributed by atoms with E-state index in [1.807, 2.05) is 6.92 Å². The molecule has 0 spiro atoms. The Bertz CT molecular complexity index is 842. The fourth-order valence-electron chi connectivity index (χ4n) is 2.70. The molecule has 0 radical (unpaired) electrons. The SMILES string of the molecule is C[C@@H]1[C@@H](C=O)[C@H](n2c(=S)sc3c(=O)[nH]c(N)nc32)O[C@@H]1CO. The van der Waals surface area contributed by atoms with E-state index in [0.29, 0.717) is 14.3 Å². The lowest BCUT2D eigenvalue weighted by molar-refractivity contribution is -0.115. The lowest BCUT2D eigenvalue weighted by Gasteiger charge is -2.17. The molecule has 0 aromatic carbocycles. The Kier molecular flexibility index (Phi) is 3.85. The number of nitrogens with one attached hydrogen (secondary N) is 1. The minimum Gasteiger partial charge on any atom is -0.394 e. The summed E-state index contributed by atoms with van der Waals surface area (Å²) < 4.78 is 7.99. The summed E-state index contributed by atoms with van der Waals surface area (Å²) in [6.07, 6.45) is -0.400. The monoisotopic (exact) mass is 342 g/mol. The molecular formula is C12H14N4O4S2. The number of hydrogen-bond donors (Lipinski definition) is 3. The molecule has 1 saturated heterocycles. The van der Waals surface area contributed by atoms with Crippen LogP contribution in [0, 0.1) is 15.8 Å². The number of H-pyrrole nitrogens is 1. The number of nitrogens with zero attached hydrogens (tertiary/aromatic N) is 2. The van der Waals surface area contributed by atoms with Gasteiger partial charge in [-0.15, -0.1) is 0 Å². The Morgan fingerprint density at radius 2 is 2.36 bits per heavy atom. The van der Waals surface area contributed by atoms with E-state index in [1.54, 1.807) is 0 Å². The van der Waals surface area contributed by atoms with E-state index in [0.717, 1.165) is 17.6 Å². The van der Waals surface area contributed by atoms with Crippen molar-refractivity contribution < 1.29 is 14.6 Å². The van der Waals surface area contributed by atoms with Gasteiger partial charge in [0.25, 0.3) is 5.56 Å². The fourth-order valence-corrected chi connectivity index (χ4v) is 3.99. The third-order valence-electron chi connectivity index (χ3n) is 3.92. The first-order valence-corrected chi connectivity index (χ1v) is 7.82. The zero-order chi connectivity index (χ0) is 16.0. The quantitative estimate of drug-likeness (QED) is 0.546. The standard InChI is InChI=1S/C12H14N4O4S2/c1-4-5(2-17)10(20-6(4)3-18)16-8-7(22-12(16)21)9(19)15-11(13)14-8/h2,4-6,10,18H,3H2,1H3,(H3,13,14,15,19)/t4-,5-,6-,10-/m1/s1. The number of aldehydes is 1. The van der Waals surface area contributed by atoms with Gasteiger partial charge in [0, 0.05) is 0 Å². The lowest BCUT2D eigenvalue weighted by Crippen LogP contribution is -2.22. The number of hydrogen-bond acceptors (Lipinski definition) is 8. The first kappa shape index (κ1) is 15.3. The van der Waals surface area contributed by atoms with Gasteiger partial charge in [0.05, 0.1) is 18.6 Å². The molecule has 8 nitrogen and oxygen atoms in total. The summed E-state index contributed by atoms with van der Waals surface area (Å²) in [6.45, 7) is 1.63. The van der Waals surface area contributed by atoms with Crippen LogP contribution in [0.1, 0.15) is 13.2 Å². The van der Waals surface area contributed by atoms with Crippen molar-refractivity contribution in [2.45, 2.75) is 19.3 Å². The van der Waals surface area contributed by atoms with Crippen molar-refractivity contribution >= 4 is 46.1 Å². The molecule has 0 saturated carbocycles. The van der Waals surface area contributed by atoms with Crippen LogP contribution in [-0.4, -0.2) is 38.6 Å². The number of carbonyl (C=O) groups is 1. The smallest absolute Gasteiger partial charge is 0.271 e. The van der Waals surface area contributed by atoms with Crippen LogP contribution in [0.15, 0.2) is 4.79 Å². The first-order chi connectivity index (χ1) is 10.5. The van der Waals surface area contributed by atoms with Gasteiger partial charge in [0.2, 0.25) is 5.95 Å². The third-order valence-corrected chi connectivity index (χ3v) is 5.31. The largest absolute Gasteiger partial charge is 0.394 e. The summed E-state index contributed by atoms with van der Waals surface area (Å²) in [5.41, 5.74) is 5.50. The van der Waals surface area contributed by atoms with Gasteiger partial charge < -0.3 is 20.4 Å². The first-order valence-electron chi connectivity index (χ1n) is 6.60. The summed E-state index contributed by atoms with van der Waals surface area (Å²) >= 11 is 6.38. The molecule has 118 valence electrons. The van der Waals surface area contributed by atoms with Gasteiger partial charge in [-0.2, -0.15) is 4.98 Å². The van der Waals surface area contributed by atoms with Gasteiger partial charge in [0.15, 0.2) is 9.60 Å². The van der Waals surface area contributed by atoms with Gasteiger partial charge in [0.1, 0.15) is 17.2 Å². The molecule has 4 atom stereocenters. The molecule has 4 N–H and O–H groups in total. The van der Waals surface area contributed by atoms with E-state index in [2.05, 4.69) is 9.97 Å². The highest BCUT2D eigenvalue weighted by Crippen LogP contribution is 2.40. The Morgan fingerprint density at radius 1 is 1.64 bits per heavy atom. The molecule has 2 aromatic heterocycles. The molecule has 1 fully saturated rings. The van der Waals surface area contributed by atoms with Crippen molar-refractivity contribution in [2.75, 3.05) is 12.3 Å². The van der Waals surface area contributed by atoms with Crippen molar-refractivity contribution in [1.29, 1.82) is 0 Å². The molecule has 3 rings (SSSR count). The number of nitrogens with two attached hydrogens (primary N) is 1. The number of thiazole rings is 1. The van der Waals surface area contributed by atoms with Crippen LogP contribution in [0.3, 0.4) is 0 Å². The van der Waals surface area contributed by atoms with Crippen LogP contribution >= 0.6 is 23.6 Å².